The van der Waals surface area contributed by atoms with Crippen LogP contribution >= 0.6 is 11.6 Å². The molecule has 1 aromatic carbocycles. The van der Waals surface area contributed by atoms with Crippen molar-refractivity contribution in [1.29, 1.82) is 0 Å². The highest BCUT2D eigenvalue weighted by atomic mass is 35.5. The fourth-order valence-electron chi connectivity index (χ4n) is 4.07. The van der Waals surface area contributed by atoms with Gasteiger partial charge >= 0.3 is 0 Å². The number of aliphatic hydroxyl groups is 1. The van der Waals surface area contributed by atoms with Crippen molar-refractivity contribution in [2.45, 2.75) is 37.8 Å². The summed E-state index contributed by atoms with van der Waals surface area (Å²) in [5.41, 5.74) is 0.0524. The van der Waals surface area contributed by atoms with E-state index in [0.29, 0.717) is 19.0 Å². The van der Waals surface area contributed by atoms with Gasteiger partial charge in [0.05, 0.1) is 12.1 Å². The van der Waals surface area contributed by atoms with Crippen molar-refractivity contribution in [3.8, 4) is 0 Å². The van der Waals surface area contributed by atoms with Crippen molar-refractivity contribution in [3.63, 3.8) is 0 Å². The van der Waals surface area contributed by atoms with Crippen molar-refractivity contribution >= 4 is 17.5 Å². The second kappa shape index (κ2) is 6.17. The third-order valence-electron chi connectivity index (χ3n) is 5.16. The summed E-state index contributed by atoms with van der Waals surface area (Å²) in [6.07, 6.45) is 4.07. The van der Waals surface area contributed by atoms with Crippen molar-refractivity contribution in [3.05, 3.63) is 35.6 Å². The number of nitrogens with zero attached hydrogens (tertiary/aromatic N) is 1. The molecule has 5 heteroatoms. The SMILES string of the molecule is O=C(CCl)N(Cc1ccc(F)cc1)C[C@]1(O)C[C@@H]2CC[C@H]1C2. The van der Waals surface area contributed by atoms with Crippen LogP contribution in [0, 0.1) is 17.7 Å². The fraction of sp³-hybridized carbons (Fsp3) is 0.588. The number of carbonyl (C=O) groups is 1. The van der Waals surface area contributed by atoms with E-state index in [4.69, 9.17) is 11.6 Å². The first-order valence-electron chi connectivity index (χ1n) is 7.81. The molecule has 1 aromatic rings. The summed E-state index contributed by atoms with van der Waals surface area (Å²) in [4.78, 5) is 13.7. The van der Waals surface area contributed by atoms with E-state index in [1.54, 1.807) is 17.0 Å². The smallest absolute Gasteiger partial charge is 0.237 e. The molecule has 0 heterocycles. The number of amides is 1. The number of benzene rings is 1. The van der Waals surface area contributed by atoms with Gasteiger partial charge in [-0.15, -0.1) is 11.6 Å². The van der Waals surface area contributed by atoms with Gasteiger partial charge in [0.1, 0.15) is 11.7 Å². The molecule has 0 aliphatic heterocycles. The number of carbonyl (C=O) groups excluding carboxylic acids is 1. The quantitative estimate of drug-likeness (QED) is 0.846. The zero-order chi connectivity index (χ0) is 15.7. The van der Waals surface area contributed by atoms with Gasteiger partial charge < -0.3 is 10.0 Å². The van der Waals surface area contributed by atoms with Crippen molar-refractivity contribution < 1.29 is 14.3 Å². The van der Waals surface area contributed by atoms with E-state index in [1.165, 1.54) is 18.6 Å². The molecule has 0 radical (unpaired) electrons. The molecule has 2 aliphatic carbocycles. The van der Waals surface area contributed by atoms with Crippen LogP contribution in [-0.4, -0.2) is 33.9 Å². The third-order valence-corrected chi connectivity index (χ3v) is 5.39. The average molecular weight is 326 g/mol. The van der Waals surface area contributed by atoms with E-state index in [0.717, 1.165) is 24.8 Å². The van der Waals surface area contributed by atoms with Crippen molar-refractivity contribution in [2.75, 3.05) is 12.4 Å². The first kappa shape index (κ1) is 15.8. The minimum atomic E-state index is -0.787. The molecule has 2 saturated carbocycles. The standard InChI is InChI=1S/C17H21ClFNO2/c18-9-16(21)20(10-12-2-5-15(19)6-3-12)11-17(22)8-13-1-4-14(17)7-13/h2-3,5-6,13-14,22H,1,4,7-11H2/t13-,14+,17-/m1/s1. The zero-order valence-electron chi connectivity index (χ0n) is 12.5. The molecule has 0 spiro atoms. The van der Waals surface area contributed by atoms with Gasteiger partial charge in [-0.25, -0.2) is 4.39 Å². The van der Waals surface area contributed by atoms with E-state index in [-0.39, 0.29) is 23.5 Å². The second-order valence-corrected chi connectivity index (χ2v) is 6.96. The number of alkyl halides is 1. The first-order valence-corrected chi connectivity index (χ1v) is 8.34. The van der Waals surface area contributed by atoms with Gasteiger partial charge in [-0.3, -0.25) is 4.79 Å². The summed E-state index contributed by atoms with van der Waals surface area (Å²) >= 11 is 5.72. The Labute approximate surface area is 135 Å². The lowest BCUT2D eigenvalue weighted by molar-refractivity contribution is -0.135. The molecule has 2 bridgehead atoms. The van der Waals surface area contributed by atoms with E-state index < -0.39 is 5.60 Å². The molecular weight excluding hydrogens is 305 g/mol. The second-order valence-electron chi connectivity index (χ2n) is 6.69. The molecular formula is C17H21ClFNO2. The van der Waals surface area contributed by atoms with E-state index >= 15 is 0 Å². The van der Waals surface area contributed by atoms with Crippen LogP contribution in [0.1, 0.15) is 31.2 Å². The van der Waals surface area contributed by atoms with Crippen LogP contribution in [-0.2, 0) is 11.3 Å². The van der Waals surface area contributed by atoms with E-state index in [9.17, 15) is 14.3 Å². The van der Waals surface area contributed by atoms with Crippen LogP contribution in [0.15, 0.2) is 24.3 Å². The highest BCUT2D eigenvalue weighted by molar-refractivity contribution is 6.27. The Morgan fingerprint density at radius 2 is 2.09 bits per heavy atom. The van der Waals surface area contributed by atoms with Crippen LogP contribution in [0.2, 0.25) is 0 Å². The largest absolute Gasteiger partial charge is 0.388 e. The molecule has 120 valence electrons. The van der Waals surface area contributed by atoms with E-state index in [1.807, 2.05) is 0 Å². The Morgan fingerprint density at radius 1 is 1.36 bits per heavy atom. The van der Waals surface area contributed by atoms with Crippen molar-refractivity contribution in [1.82, 2.24) is 4.90 Å². The van der Waals surface area contributed by atoms with Gasteiger partial charge in [-0.2, -0.15) is 0 Å². The molecule has 22 heavy (non-hydrogen) atoms. The van der Waals surface area contributed by atoms with Gasteiger partial charge in [0.15, 0.2) is 0 Å². The fourth-order valence-corrected chi connectivity index (χ4v) is 4.24. The number of fused-ring (bicyclic) bond motifs is 2. The molecule has 2 aliphatic rings. The lowest BCUT2D eigenvalue weighted by atomic mass is 9.83. The summed E-state index contributed by atoms with van der Waals surface area (Å²) in [7, 11) is 0. The van der Waals surface area contributed by atoms with Crippen LogP contribution < -0.4 is 0 Å². The summed E-state index contributed by atoms with van der Waals surface area (Å²) in [6, 6.07) is 6.08. The minimum absolute atomic E-state index is 0.106. The van der Waals surface area contributed by atoms with Crippen molar-refractivity contribution in [2.24, 2.45) is 11.8 Å². The lowest BCUT2D eigenvalue weighted by Gasteiger charge is -2.37. The maximum Gasteiger partial charge on any atom is 0.237 e. The molecule has 3 atom stereocenters. The Hall–Kier alpha value is -1.13. The van der Waals surface area contributed by atoms with Crippen LogP contribution in [0.5, 0.6) is 0 Å². The van der Waals surface area contributed by atoms with Gasteiger partial charge in [0.25, 0.3) is 0 Å². The highest BCUT2D eigenvalue weighted by Gasteiger charge is 2.50. The summed E-state index contributed by atoms with van der Waals surface area (Å²) in [5.74, 6) is 0.281. The molecule has 2 fully saturated rings. The Morgan fingerprint density at radius 3 is 2.64 bits per heavy atom. The van der Waals surface area contributed by atoms with Gasteiger partial charge in [0.2, 0.25) is 5.91 Å². The van der Waals surface area contributed by atoms with Crippen LogP contribution in [0.25, 0.3) is 0 Å². The Kier molecular flexibility index (Phi) is 4.42. The first-order chi connectivity index (χ1) is 10.5. The maximum absolute atomic E-state index is 13.0. The van der Waals surface area contributed by atoms with Gasteiger partial charge in [-0.05, 0) is 55.2 Å². The summed E-state index contributed by atoms with van der Waals surface area (Å²) in [6.45, 7) is 0.669. The minimum Gasteiger partial charge on any atom is -0.388 e. The van der Waals surface area contributed by atoms with Gasteiger partial charge in [0, 0.05) is 6.54 Å². The van der Waals surface area contributed by atoms with Crippen LogP contribution in [0.4, 0.5) is 4.39 Å². The monoisotopic (exact) mass is 325 g/mol. The molecule has 0 saturated heterocycles. The maximum atomic E-state index is 13.0. The molecule has 0 unspecified atom stereocenters. The molecule has 1 N–H and O–H groups in total. The molecule has 0 aromatic heterocycles. The van der Waals surface area contributed by atoms with E-state index in [2.05, 4.69) is 0 Å². The third kappa shape index (κ3) is 3.13. The lowest BCUT2D eigenvalue weighted by Crippen LogP contribution is -2.48. The number of halogens is 2. The number of hydrogen-bond donors (Lipinski definition) is 1. The number of hydrogen-bond acceptors (Lipinski definition) is 2. The molecule has 3 nitrogen and oxygen atoms in total. The predicted octanol–water partition coefficient (Wildman–Crippen LogP) is 2.94. The average Bonchev–Trinajstić information content (AvgIpc) is 3.08. The normalized spacial score (nSPS) is 29.8. The van der Waals surface area contributed by atoms with Gasteiger partial charge in [-0.1, -0.05) is 12.1 Å². The Balaban J connectivity index is 1.72. The molecule has 1 amide bonds. The predicted molar refractivity (Wildman–Crippen MR) is 82.9 cm³/mol. The van der Waals surface area contributed by atoms with Crippen LogP contribution in [0.3, 0.4) is 0 Å². The topological polar surface area (TPSA) is 40.5 Å². The number of rotatable bonds is 5. The zero-order valence-corrected chi connectivity index (χ0v) is 13.2. The highest BCUT2D eigenvalue weighted by Crippen LogP contribution is 2.51. The summed E-state index contributed by atoms with van der Waals surface area (Å²) < 4.78 is 13.0. The Bertz CT molecular complexity index is 550. The molecule has 3 rings (SSSR count). The summed E-state index contributed by atoms with van der Waals surface area (Å²) in [5, 5.41) is 10.9.